The Morgan fingerprint density at radius 3 is 2.67 bits per heavy atom. The van der Waals surface area contributed by atoms with Gasteiger partial charge < -0.3 is 10.0 Å². The molecule has 0 amide bonds. The summed E-state index contributed by atoms with van der Waals surface area (Å²) in [4.78, 5) is 21.1. The smallest absolute Gasteiger partial charge is 0.356 e. The highest BCUT2D eigenvalue weighted by atomic mass is 16.4. The second-order valence-electron chi connectivity index (χ2n) is 5.22. The molecular weight excluding hydrogens is 230 g/mol. The molecule has 0 aliphatic carbocycles. The van der Waals surface area contributed by atoms with Crippen LogP contribution >= 0.6 is 0 Å². The summed E-state index contributed by atoms with van der Waals surface area (Å²) >= 11 is 0. The minimum Gasteiger partial charge on any atom is -0.476 e. The lowest BCUT2D eigenvalue weighted by Crippen LogP contribution is -2.39. The number of anilines is 1. The number of carbonyl (C=O) groups is 1. The number of nitrogens with zero attached hydrogens (tertiary/aromatic N) is 3. The van der Waals surface area contributed by atoms with Crippen molar-refractivity contribution in [3.8, 4) is 0 Å². The summed E-state index contributed by atoms with van der Waals surface area (Å²) in [5.74, 6) is -0.354. The van der Waals surface area contributed by atoms with E-state index < -0.39 is 5.97 Å². The van der Waals surface area contributed by atoms with Crippen molar-refractivity contribution in [1.29, 1.82) is 0 Å². The maximum atomic E-state index is 10.9. The predicted octanol–water partition coefficient (Wildman–Crippen LogP) is 2.19. The monoisotopic (exact) mass is 249 g/mol. The molecule has 2 heterocycles. The molecule has 0 bridgehead atoms. The maximum Gasteiger partial charge on any atom is 0.356 e. The number of aromatic nitrogens is 2. The highest BCUT2D eigenvalue weighted by Gasteiger charge is 2.29. The van der Waals surface area contributed by atoms with E-state index >= 15 is 0 Å². The van der Waals surface area contributed by atoms with Crippen LogP contribution in [0.2, 0.25) is 0 Å². The molecule has 0 saturated carbocycles. The Labute approximate surface area is 107 Å². The van der Waals surface area contributed by atoms with Gasteiger partial charge in [0.05, 0.1) is 12.4 Å². The highest BCUT2D eigenvalue weighted by Crippen LogP contribution is 2.34. The van der Waals surface area contributed by atoms with Crippen LogP contribution in [0.15, 0.2) is 12.4 Å². The predicted molar refractivity (Wildman–Crippen MR) is 68.8 cm³/mol. The third kappa shape index (κ3) is 2.60. The Hall–Kier alpha value is -1.65. The van der Waals surface area contributed by atoms with Crippen LogP contribution in [0.5, 0.6) is 0 Å². The molecule has 1 aliphatic rings. The van der Waals surface area contributed by atoms with Crippen LogP contribution in [0, 0.1) is 5.41 Å². The van der Waals surface area contributed by atoms with E-state index in [9.17, 15) is 4.79 Å². The fourth-order valence-electron chi connectivity index (χ4n) is 2.24. The Balaban J connectivity index is 2.10. The van der Waals surface area contributed by atoms with Crippen molar-refractivity contribution in [2.75, 3.05) is 18.0 Å². The largest absolute Gasteiger partial charge is 0.476 e. The molecule has 0 spiro atoms. The van der Waals surface area contributed by atoms with Crippen molar-refractivity contribution in [3.63, 3.8) is 0 Å². The fourth-order valence-corrected chi connectivity index (χ4v) is 2.24. The molecule has 0 unspecified atom stereocenters. The Kier molecular flexibility index (Phi) is 3.50. The lowest BCUT2D eigenvalue weighted by Gasteiger charge is -2.39. The van der Waals surface area contributed by atoms with Crippen molar-refractivity contribution in [2.45, 2.75) is 33.1 Å². The molecule has 2 rings (SSSR count). The Morgan fingerprint density at radius 2 is 2.11 bits per heavy atom. The van der Waals surface area contributed by atoms with Gasteiger partial charge in [-0.15, -0.1) is 0 Å². The second kappa shape index (κ2) is 4.92. The van der Waals surface area contributed by atoms with Gasteiger partial charge in [-0.2, -0.15) is 0 Å². The average Bonchev–Trinajstić information content (AvgIpc) is 2.40. The number of aromatic carboxylic acids is 1. The molecular formula is C13H19N3O2. The molecule has 1 fully saturated rings. The van der Waals surface area contributed by atoms with E-state index in [-0.39, 0.29) is 5.69 Å². The van der Waals surface area contributed by atoms with E-state index in [4.69, 9.17) is 5.11 Å². The highest BCUT2D eigenvalue weighted by molar-refractivity contribution is 5.85. The van der Waals surface area contributed by atoms with Gasteiger partial charge in [0.15, 0.2) is 5.69 Å². The number of carboxylic acid groups (broad SMARTS) is 1. The molecule has 98 valence electrons. The second-order valence-corrected chi connectivity index (χ2v) is 5.22. The molecule has 1 saturated heterocycles. The van der Waals surface area contributed by atoms with Gasteiger partial charge >= 0.3 is 5.97 Å². The first-order valence-corrected chi connectivity index (χ1v) is 6.34. The third-order valence-electron chi connectivity index (χ3n) is 3.99. The van der Waals surface area contributed by atoms with Crippen molar-refractivity contribution < 1.29 is 9.90 Å². The number of hydrogen-bond donors (Lipinski definition) is 1. The van der Waals surface area contributed by atoms with E-state index in [2.05, 4.69) is 28.7 Å². The fraction of sp³-hybridized carbons (Fsp3) is 0.615. The van der Waals surface area contributed by atoms with Crippen LogP contribution in [-0.4, -0.2) is 34.1 Å². The van der Waals surface area contributed by atoms with Crippen LogP contribution in [0.4, 0.5) is 5.82 Å². The van der Waals surface area contributed by atoms with Crippen molar-refractivity contribution in [3.05, 3.63) is 18.1 Å². The molecule has 1 aliphatic heterocycles. The van der Waals surface area contributed by atoms with Gasteiger partial charge in [-0.1, -0.05) is 20.3 Å². The molecule has 0 aromatic carbocycles. The van der Waals surface area contributed by atoms with Gasteiger partial charge in [0, 0.05) is 13.1 Å². The van der Waals surface area contributed by atoms with Crippen LogP contribution in [-0.2, 0) is 0 Å². The summed E-state index contributed by atoms with van der Waals surface area (Å²) in [5, 5.41) is 8.91. The summed E-state index contributed by atoms with van der Waals surface area (Å²) in [6, 6.07) is 0. The number of hydrogen-bond acceptors (Lipinski definition) is 4. The third-order valence-corrected chi connectivity index (χ3v) is 3.99. The van der Waals surface area contributed by atoms with E-state index in [0.717, 1.165) is 25.9 Å². The van der Waals surface area contributed by atoms with Gasteiger partial charge in [0.25, 0.3) is 0 Å². The van der Waals surface area contributed by atoms with Crippen LogP contribution in [0.25, 0.3) is 0 Å². The molecule has 1 aromatic rings. The molecule has 5 heteroatoms. The first-order valence-electron chi connectivity index (χ1n) is 6.34. The van der Waals surface area contributed by atoms with Crippen molar-refractivity contribution in [2.24, 2.45) is 5.41 Å². The SMILES string of the molecule is CCC1(C)CCN(c2cncc(C(=O)O)n2)CC1. The summed E-state index contributed by atoms with van der Waals surface area (Å²) in [6.07, 6.45) is 6.33. The summed E-state index contributed by atoms with van der Waals surface area (Å²) in [7, 11) is 0. The van der Waals surface area contributed by atoms with E-state index in [1.807, 2.05) is 0 Å². The quantitative estimate of drug-likeness (QED) is 0.889. The van der Waals surface area contributed by atoms with E-state index in [1.165, 1.54) is 12.6 Å². The molecule has 5 nitrogen and oxygen atoms in total. The minimum atomic E-state index is -1.03. The Bertz CT molecular complexity index is 440. The van der Waals surface area contributed by atoms with Crippen LogP contribution in [0.3, 0.4) is 0 Å². The van der Waals surface area contributed by atoms with Gasteiger partial charge in [-0.05, 0) is 18.3 Å². The standard InChI is InChI=1S/C13H19N3O2/c1-3-13(2)4-6-16(7-5-13)11-9-14-8-10(15-11)12(17)18/h8-9H,3-7H2,1-2H3,(H,17,18). The normalized spacial score (nSPS) is 18.7. The van der Waals surface area contributed by atoms with Crippen molar-refractivity contribution in [1.82, 2.24) is 9.97 Å². The average molecular weight is 249 g/mol. The zero-order valence-corrected chi connectivity index (χ0v) is 10.9. The van der Waals surface area contributed by atoms with Crippen LogP contribution < -0.4 is 4.90 Å². The lowest BCUT2D eigenvalue weighted by atomic mass is 9.78. The summed E-state index contributed by atoms with van der Waals surface area (Å²) in [5.41, 5.74) is 0.422. The Morgan fingerprint density at radius 1 is 1.44 bits per heavy atom. The lowest BCUT2D eigenvalue weighted by molar-refractivity contribution is 0.0690. The zero-order chi connectivity index (χ0) is 13.2. The zero-order valence-electron chi connectivity index (χ0n) is 10.9. The number of piperidine rings is 1. The molecule has 0 radical (unpaired) electrons. The van der Waals surface area contributed by atoms with Gasteiger partial charge in [0.1, 0.15) is 5.82 Å². The van der Waals surface area contributed by atoms with Gasteiger partial charge in [-0.3, -0.25) is 4.98 Å². The number of carboxylic acids is 1. The molecule has 1 aromatic heterocycles. The van der Waals surface area contributed by atoms with Gasteiger partial charge in [-0.25, -0.2) is 9.78 Å². The van der Waals surface area contributed by atoms with Crippen LogP contribution in [0.1, 0.15) is 43.6 Å². The molecule has 0 atom stereocenters. The molecule has 1 N–H and O–H groups in total. The maximum absolute atomic E-state index is 10.9. The minimum absolute atomic E-state index is 0.0105. The summed E-state index contributed by atoms with van der Waals surface area (Å²) in [6.45, 7) is 6.37. The van der Waals surface area contributed by atoms with Crippen molar-refractivity contribution >= 4 is 11.8 Å². The summed E-state index contributed by atoms with van der Waals surface area (Å²) < 4.78 is 0. The van der Waals surface area contributed by atoms with Gasteiger partial charge in [0.2, 0.25) is 0 Å². The first kappa shape index (κ1) is 12.8. The first-order chi connectivity index (χ1) is 8.54. The van der Waals surface area contributed by atoms with E-state index in [0.29, 0.717) is 11.2 Å². The topological polar surface area (TPSA) is 66.3 Å². The van der Waals surface area contributed by atoms with E-state index in [1.54, 1.807) is 6.20 Å². The number of rotatable bonds is 3. The molecule has 18 heavy (non-hydrogen) atoms.